The summed E-state index contributed by atoms with van der Waals surface area (Å²) < 4.78 is 27.8. The number of rotatable bonds is 8. The molecule has 0 bridgehead atoms. The fourth-order valence-electron chi connectivity index (χ4n) is 2.58. The van der Waals surface area contributed by atoms with E-state index in [4.69, 9.17) is 24.3 Å². The molecule has 1 atom stereocenters. The maximum atomic E-state index is 11.8. The smallest absolute Gasteiger partial charge is 0.369 e. The van der Waals surface area contributed by atoms with Gasteiger partial charge in [0.1, 0.15) is 6.10 Å². The number of hydrogen-bond acceptors (Lipinski definition) is 5. The molecule has 9 nitrogen and oxygen atoms in total. The van der Waals surface area contributed by atoms with Crippen LogP contribution in [0.4, 0.5) is 0 Å². The quantitative estimate of drug-likeness (QED) is 0.177. The summed E-state index contributed by atoms with van der Waals surface area (Å²) in [5.74, 6) is -0.467. The topological polar surface area (TPSA) is 162 Å². The molecule has 0 amide bonds. The van der Waals surface area contributed by atoms with Crippen LogP contribution in [0.25, 0.3) is 0 Å². The molecular weight excluding hydrogens is 374 g/mol. The summed E-state index contributed by atoms with van der Waals surface area (Å²) in [6.07, 6.45) is 7.26. The first-order chi connectivity index (χ1) is 11.5. The lowest BCUT2D eigenvalue weighted by atomic mass is 10.0. The maximum absolute atomic E-state index is 11.8. The molecule has 0 aromatic carbocycles. The molecule has 0 aliphatic heterocycles. The molecule has 0 spiro atoms. The maximum Gasteiger partial charge on any atom is 0.369 e. The summed E-state index contributed by atoms with van der Waals surface area (Å²) in [6, 6.07) is 0. The molecule has 0 aromatic heterocycles. The summed E-state index contributed by atoms with van der Waals surface area (Å²) in [5.41, 5.74) is 0. The van der Waals surface area contributed by atoms with Gasteiger partial charge in [0.05, 0.1) is 0 Å². The van der Waals surface area contributed by atoms with Crippen molar-refractivity contribution < 1.29 is 43.3 Å². The number of esters is 1. The molecule has 1 aliphatic carbocycles. The Kier molecular flexibility index (Phi) is 8.48. The Hall–Kier alpha value is -0.530. The Balaban J connectivity index is 2.43. The van der Waals surface area contributed by atoms with Crippen LogP contribution in [-0.4, -0.2) is 41.8 Å². The Morgan fingerprint density at radius 1 is 1.04 bits per heavy atom. The van der Waals surface area contributed by atoms with Crippen LogP contribution < -0.4 is 0 Å². The van der Waals surface area contributed by atoms with Gasteiger partial charge in [-0.1, -0.05) is 12.2 Å². The Labute approximate surface area is 146 Å². The molecule has 1 unspecified atom stereocenters. The van der Waals surface area contributed by atoms with E-state index in [1.54, 1.807) is 0 Å². The van der Waals surface area contributed by atoms with Gasteiger partial charge in [-0.05, 0) is 51.4 Å². The van der Waals surface area contributed by atoms with Crippen LogP contribution in [-0.2, 0) is 18.7 Å². The van der Waals surface area contributed by atoms with Gasteiger partial charge in [-0.2, -0.15) is 0 Å². The molecule has 0 saturated heterocycles. The van der Waals surface area contributed by atoms with Crippen LogP contribution in [0.5, 0.6) is 0 Å². The highest BCUT2D eigenvalue weighted by Gasteiger charge is 2.58. The number of allylic oxidation sites excluding steroid dienone is 2. The zero-order chi connectivity index (χ0) is 19.1. The van der Waals surface area contributed by atoms with Crippen molar-refractivity contribution in [1.82, 2.24) is 0 Å². The molecule has 25 heavy (non-hydrogen) atoms. The van der Waals surface area contributed by atoms with Crippen molar-refractivity contribution in [3.05, 3.63) is 12.2 Å². The molecule has 1 rings (SSSR count). The number of aliphatic hydroxyl groups is 1. The first kappa shape index (κ1) is 22.5. The molecule has 0 saturated carbocycles. The molecule has 0 aromatic rings. The number of carbonyl (C=O) groups excluding carboxylic acids is 1. The predicted octanol–water partition coefficient (Wildman–Crippen LogP) is 1.98. The van der Waals surface area contributed by atoms with Crippen LogP contribution in [0.1, 0.15) is 57.8 Å². The third-order valence-corrected chi connectivity index (χ3v) is 7.97. The first-order valence-corrected chi connectivity index (χ1v) is 11.4. The fraction of sp³-hybridized carbons (Fsp3) is 0.786. The molecule has 1 aliphatic rings. The molecule has 0 fully saturated rings. The summed E-state index contributed by atoms with van der Waals surface area (Å²) in [6.45, 7) is 0. The van der Waals surface area contributed by atoms with Crippen LogP contribution in [0.2, 0.25) is 0 Å². The minimum absolute atomic E-state index is 0.0509. The van der Waals surface area contributed by atoms with Crippen molar-refractivity contribution >= 4 is 21.2 Å². The van der Waals surface area contributed by atoms with Gasteiger partial charge in [0.15, 0.2) is 0 Å². The zero-order valence-electron chi connectivity index (χ0n) is 13.9. The summed E-state index contributed by atoms with van der Waals surface area (Å²) >= 11 is 0. The third kappa shape index (κ3) is 6.94. The summed E-state index contributed by atoms with van der Waals surface area (Å²) in [7, 11) is -10.9. The average molecular weight is 400 g/mol. The van der Waals surface area contributed by atoms with Gasteiger partial charge >= 0.3 is 21.2 Å². The van der Waals surface area contributed by atoms with Crippen molar-refractivity contribution in [3.63, 3.8) is 0 Å². The second-order valence-corrected chi connectivity index (χ2v) is 10.2. The van der Waals surface area contributed by atoms with E-state index in [-0.39, 0.29) is 25.4 Å². The Morgan fingerprint density at radius 3 is 2.24 bits per heavy atom. The van der Waals surface area contributed by atoms with Gasteiger partial charge in [0.25, 0.3) is 5.08 Å². The SMILES string of the molecule is O=C(CCCCC(O)(P(=O)(O)O)P(=O)(O)O)OC1CC/C=C/CCC1. The van der Waals surface area contributed by atoms with E-state index in [0.717, 1.165) is 32.1 Å². The monoisotopic (exact) mass is 400 g/mol. The standard InChI is InChI=1S/C14H26O9P2/c15-13(23-12-8-4-2-1-3-5-9-12)10-6-7-11-14(16,24(17,18)19)25(20,21)22/h1-2,12,16H,3-11H2,(H2,17,18,19)(H2,20,21,22)/b2-1+. The lowest BCUT2D eigenvalue weighted by Gasteiger charge is -2.29. The highest BCUT2D eigenvalue weighted by molar-refractivity contribution is 7.72. The lowest BCUT2D eigenvalue weighted by molar-refractivity contribution is -0.149. The highest BCUT2D eigenvalue weighted by atomic mass is 31.2. The van der Waals surface area contributed by atoms with Crippen molar-refractivity contribution in [3.8, 4) is 0 Å². The number of unbranched alkanes of at least 4 members (excludes halogenated alkanes) is 1. The second-order valence-electron chi connectivity index (χ2n) is 6.16. The number of hydrogen-bond donors (Lipinski definition) is 5. The molecule has 0 radical (unpaired) electrons. The van der Waals surface area contributed by atoms with E-state index in [1.807, 2.05) is 6.08 Å². The summed E-state index contributed by atoms with van der Waals surface area (Å²) in [4.78, 5) is 47.9. The number of carbonyl (C=O) groups is 1. The van der Waals surface area contributed by atoms with Crippen molar-refractivity contribution in [2.24, 2.45) is 0 Å². The lowest BCUT2D eigenvalue weighted by Crippen LogP contribution is -2.28. The molecule has 5 N–H and O–H groups in total. The van der Waals surface area contributed by atoms with Crippen molar-refractivity contribution in [1.29, 1.82) is 0 Å². The minimum Gasteiger partial charge on any atom is -0.462 e. The van der Waals surface area contributed by atoms with E-state index in [1.165, 1.54) is 0 Å². The Bertz CT molecular complexity index is 541. The van der Waals surface area contributed by atoms with Gasteiger partial charge < -0.3 is 29.4 Å². The van der Waals surface area contributed by atoms with E-state index >= 15 is 0 Å². The van der Waals surface area contributed by atoms with Crippen LogP contribution in [0.15, 0.2) is 12.2 Å². The zero-order valence-corrected chi connectivity index (χ0v) is 15.6. The fourth-order valence-corrected chi connectivity index (χ4v) is 4.84. The van der Waals surface area contributed by atoms with E-state index in [9.17, 15) is 19.0 Å². The predicted molar refractivity (Wildman–Crippen MR) is 89.6 cm³/mol. The summed E-state index contributed by atoms with van der Waals surface area (Å²) in [5, 5.41) is 6.30. The van der Waals surface area contributed by atoms with Crippen LogP contribution in [0, 0.1) is 0 Å². The van der Waals surface area contributed by atoms with Gasteiger partial charge in [-0.3, -0.25) is 13.9 Å². The average Bonchev–Trinajstić information content (AvgIpc) is 2.43. The largest absolute Gasteiger partial charge is 0.462 e. The molecule has 0 heterocycles. The first-order valence-electron chi connectivity index (χ1n) is 8.15. The normalized spacial score (nSPS) is 21.2. The number of ether oxygens (including phenoxy) is 1. The van der Waals surface area contributed by atoms with Gasteiger partial charge in [-0.15, -0.1) is 0 Å². The highest BCUT2D eigenvalue weighted by Crippen LogP contribution is 2.69. The van der Waals surface area contributed by atoms with Gasteiger partial charge in [-0.25, -0.2) is 0 Å². The van der Waals surface area contributed by atoms with E-state index in [2.05, 4.69) is 6.08 Å². The van der Waals surface area contributed by atoms with Crippen molar-refractivity contribution in [2.45, 2.75) is 69.0 Å². The van der Waals surface area contributed by atoms with Crippen LogP contribution in [0.3, 0.4) is 0 Å². The van der Waals surface area contributed by atoms with Crippen molar-refractivity contribution in [2.75, 3.05) is 0 Å². The van der Waals surface area contributed by atoms with Gasteiger partial charge in [0.2, 0.25) is 0 Å². The Morgan fingerprint density at radius 2 is 1.64 bits per heavy atom. The van der Waals surface area contributed by atoms with E-state index in [0.29, 0.717) is 0 Å². The van der Waals surface area contributed by atoms with Gasteiger partial charge in [0, 0.05) is 6.42 Å². The second kappa shape index (κ2) is 9.42. The molecule has 146 valence electrons. The van der Waals surface area contributed by atoms with Crippen LogP contribution >= 0.6 is 15.2 Å². The van der Waals surface area contributed by atoms with E-state index < -0.39 is 32.7 Å². The molecule has 11 heteroatoms. The molecular formula is C14H26O9P2. The third-order valence-electron chi connectivity index (χ3n) is 4.09. The minimum atomic E-state index is -5.44.